The van der Waals surface area contributed by atoms with Crippen molar-refractivity contribution in [2.24, 2.45) is 4.99 Å². The number of hydrogen-bond donors (Lipinski definition) is 0. The number of nitrogens with zero attached hydrogens (tertiary/aromatic N) is 3. The first-order valence-corrected chi connectivity index (χ1v) is 12.7. The Morgan fingerprint density at radius 3 is 2.70 bits per heavy atom. The molecule has 0 aromatic heterocycles. The summed E-state index contributed by atoms with van der Waals surface area (Å²) in [5, 5.41) is 9.75. The molecule has 0 N–H and O–H groups in total. The van der Waals surface area contributed by atoms with Crippen molar-refractivity contribution < 1.29 is 9.16 Å². The number of benzene rings is 1. The van der Waals surface area contributed by atoms with Gasteiger partial charge in [0.15, 0.2) is 8.32 Å². The van der Waals surface area contributed by atoms with E-state index in [0.717, 1.165) is 24.2 Å². The number of amidine groups is 1. The monoisotopic (exact) mass is 405 g/mol. The molecule has 0 spiro atoms. The summed E-state index contributed by atoms with van der Waals surface area (Å²) in [6, 6.07) is 6.47. The van der Waals surface area contributed by atoms with E-state index in [9.17, 15) is 0 Å². The van der Waals surface area contributed by atoms with E-state index in [4.69, 9.17) is 31.0 Å². The van der Waals surface area contributed by atoms with Crippen LogP contribution in [0.2, 0.25) is 23.2 Å². The minimum atomic E-state index is -1.82. The molecule has 0 radical (unpaired) electrons. The summed E-state index contributed by atoms with van der Waals surface area (Å²) in [6.07, 6.45) is 1.18. The van der Waals surface area contributed by atoms with Crippen molar-refractivity contribution in [3.05, 3.63) is 28.3 Å². The standard InChI is InChI=1S/C20H28ClN3O2Si/c1-13-15(8-7-14(11-22)18(13)21)23-19-24-10-9-17(16(24)12-25-19)26-27(5,6)20(2,3)4/h7-8,16-17H,9-10,12H2,1-6H3/b23-19-/t16-,17+/m1/s1. The lowest BCUT2D eigenvalue weighted by Gasteiger charge is -2.39. The number of rotatable bonds is 3. The Morgan fingerprint density at radius 1 is 1.37 bits per heavy atom. The first-order valence-electron chi connectivity index (χ1n) is 9.40. The van der Waals surface area contributed by atoms with Crippen LogP contribution in [0.4, 0.5) is 5.69 Å². The molecule has 0 saturated carbocycles. The highest BCUT2D eigenvalue weighted by Gasteiger charge is 2.47. The Bertz CT molecular complexity index is 811. The SMILES string of the molecule is Cc1c(/N=C2\OC[C@@H]3[C@@H](O[Si](C)(C)C(C)(C)C)CCN23)ccc(C#N)c1Cl. The fraction of sp³-hybridized carbons (Fsp3) is 0.600. The average Bonchev–Trinajstić information content (AvgIpc) is 3.14. The minimum Gasteiger partial charge on any atom is -0.463 e. The number of halogens is 1. The predicted octanol–water partition coefficient (Wildman–Crippen LogP) is 5.00. The van der Waals surface area contributed by atoms with Gasteiger partial charge in [0.05, 0.1) is 28.4 Å². The highest BCUT2D eigenvalue weighted by atomic mass is 35.5. The maximum Gasteiger partial charge on any atom is 0.293 e. The summed E-state index contributed by atoms with van der Waals surface area (Å²) in [6.45, 7) is 14.7. The minimum absolute atomic E-state index is 0.184. The highest BCUT2D eigenvalue weighted by Crippen LogP contribution is 2.40. The molecule has 2 saturated heterocycles. The summed E-state index contributed by atoms with van der Waals surface area (Å²) in [7, 11) is -1.82. The van der Waals surface area contributed by atoms with Crippen molar-refractivity contribution in [2.45, 2.75) is 64.4 Å². The zero-order valence-corrected chi connectivity index (χ0v) is 18.7. The van der Waals surface area contributed by atoms with E-state index >= 15 is 0 Å². The van der Waals surface area contributed by atoms with Gasteiger partial charge in [-0.15, -0.1) is 0 Å². The second-order valence-corrected chi connectivity index (χ2v) is 14.0. The molecular formula is C20H28ClN3O2Si. The van der Waals surface area contributed by atoms with Crippen LogP contribution in [0.3, 0.4) is 0 Å². The summed E-state index contributed by atoms with van der Waals surface area (Å²) in [5.74, 6) is 0. The van der Waals surface area contributed by atoms with Gasteiger partial charge in [0.25, 0.3) is 6.02 Å². The van der Waals surface area contributed by atoms with E-state index in [1.807, 2.05) is 13.0 Å². The third kappa shape index (κ3) is 3.73. The van der Waals surface area contributed by atoms with Crippen molar-refractivity contribution in [1.29, 1.82) is 5.26 Å². The second kappa shape index (κ2) is 7.12. The van der Waals surface area contributed by atoms with Gasteiger partial charge >= 0.3 is 0 Å². The summed E-state index contributed by atoms with van der Waals surface area (Å²) < 4.78 is 12.6. The van der Waals surface area contributed by atoms with Crippen LogP contribution in [-0.4, -0.2) is 44.5 Å². The van der Waals surface area contributed by atoms with Crippen LogP contribution < -0.4 is 0 Å². The van der Waals surface area contributed by atoms with Crippen molar-refractivity contribution in [2.75, 3.05) is 13.2 Å². The van der Waals surface area contributed by atoms with Crippen LogP contribution in [0.1, 0.15) is 38.3 Å². The molecule has 2 fully saturated rings. The molecule has 2 aliphatic heterocycles. The van der Waals surface area contributed by atoms with E-state index in [-0.39, 0.29) is 17.2 Å². The number of fused-ring (bicyclic) bond motifs is 1. The fourth-order valence-electron chi connectivity index (χ4n) is 3.28. The van der Waals surface area contributed by atoms with Crippen LogP contribution in [0.25, 0.3) is 0 Å². The molecule has 7 heteroatoms. The zero-order valence-electron chi connectivity index (χ0n) is 17.0. The molecule has 3 rings (SSSR count). The topological polar surface area (TPSA) is 57.9 Å². The lowest BCUT2D eigenvalue weighted by atomic mass is 10.1. The third-order valence-electron chi connectivity index (χ3n) is 6.06. The molecular weight excluding hydrogens is 378 g/mol. The smallest absolute Gasteiger partial charge is 0.293 e. The van der Waals surface area contributed by atoms with Crippen LogP contribution in [0, 0.1) is 18.3 Å². The van der Waals surface area contributed by atoms with Crippen LogP contribution in [-0.2, 0) is 9.16 Å². The molecule has 2 aliphatic rings. The lowest BCUT2D eigenvalue weighted by Crippen LogP contribution is -2.47. The van der Waals surface area contributed by atoms with Crippen LogP contribution >= 0.6 is 11.6 Å². The molecule has 0 bridgehead atoms. The first-order chi connectivity index (χ1) is 12.5. The molecule has 146 valence electrons. The van der Waals surface area contributed by atoms with Crippen molar-refractivity contribution in [3.8, 4) is 6.07 Å². The third-order valence-corrected chi connectivity index (χ3v) is 11.1. The molecule has 27 heavy (non-hydrogen) atoms. The molecule has 1 aromatic carbocycles. The largest absolute Gasteiger partial charge is 0.463 e. The summed E-state index contributed by atoms with van der Waals surface area (Å²) in [4.78, 5) is 6.91. The van der Waals surface area contributed by atoms with Gasteiger partial charge in [-0.3, -0.25) is 0 Å². The Morgan fingerprint density at radius 2 is 2.07 bits per heavy atom. The van der Waals surface area contributed by atoms with E-state index < -0.39 is 8.32 Å². The number of nitriles is 1. The van der Waals surface area contributed by atoms with Gasteiger partial charge in [0, 0.05) is 6.54 Å². The molecule has 0 amide bonds. The van der Waals surface area contributed by atoms with E-state index in [1.54, 1.807) is 6.07 Å². The molecule has 0 aliphatic carbocycles. The Kier molecular flexibility index (Phi) is 5.32. The predicted molar refractivity (Wildman–Crippen MR) is 111 cm³/mol. The van der Waals surface area contributed by atoms with Gasteiger partial charge in [-0.25, -0.2) is 0 Å². The molecule has 2 atom stereocenters. The highest BCUT2D eigenvalue weighted by molar-refractivity contribution is 6.74. The average molecular weight is 406 g/mol. The van der Waals surface area contributed by atoms with E-state index in [0.29, 0.717) is 23.2 Å². The fourth-order valence-corrected chi connectivity index (χ4v) is 4.86. The zero-order chi connectivity index (χ0) is 20.0. The van der Waals surface area contributed by atoms with Crippen LogP contribution in [0.15, 0.2) is 17.1 Å². The maximum atomic E-state index is 9.11. The van der Waals surface area contributed by atoms with E-state index in [2.05, 4.69) is 44.8 Å². The molecule has 2 heterocycles. The molecule has 0 unspecified atom stereocenters. The van der Waals surface area contributed by atoms with Gasteiger partial charge in [-0.05, 0) is 49.2 Å². The van der Waals surface area contributed by atoms with Gasteiger partial charge < -0.3 is 14.1 Å². The lowest BCUT2D eigenvalue weighted by molar-refractivity contribution is 0.141. The van der Waals surface area contributed by atoms with Gasteiger partial charge in [-0.2, -0.15) is 10.3 Å². The second-order valence-electron chi connectivity index (χ2n) is 8.85. The number of ether oxygens (including phenoxy) is 1. The Balaban J connectivity index is 1.79. The first kappa shape index (κ1) is 20.2. The van der Waals surface area contributed by atoms with Crippen molar-refractivity contribution in [1.82, 2.24) is 4.90 Å². The van der Waals surface area contributed by atoms with Crippen molar-refractivity contribution in [3.63, 3.8) is 0 Å². The Labute approximate surface area is 168 Å². The number of hydrogen-bond acceptors (Lipinski definition) is 4. The van der Waals surface area contributed by atoms with Crippen LogP contribution in [0.5, 0.6) is 0 Å². The molecule has 1 aromatic rings. The van der Waals surface area contributed by atoms with Gasteiger partial charge in [-0.1, -0.05) is 32.4 Å². The van der Waals surface area contributed by atoms with Crippen molar-refractivity contribution >= 4 is 31.6 Å². The quantitative estimate of drug-likeness (QED) is 0.663. The van der Waals surface area contributed by atoms with Gasteiger partial charge in [0.1, 0.15) is 12.7 Å². The molecule has 5 nitrogen and oxygen atoms in total. The Hall–Kier alpha value is -1.55. The maximum absolute atomic E-state index is 9.11. The normalized spacial score (nSPS) is 24.1. The number of aliphatic imine (C=N–C) groups is 1. The van der Waals surface area contributed by atoms with Gasteiger partial charge in [0.2, 0.25) is 0 Å². The van der Waals surface area contributed by atoms with E-state index in [1.165, 1.54) is 0 Å². The summed E-state index contributed by atoms with van der Waals surface area (Å²) >= 11 is 6.27. The summed E-state index contributed by atoms with van der Waals surface area (Å²) in [5.41, 5.74) is 2.00.